The summed E-state index contributed by atoms with van der Waals surface area (Å²) in [6, 6.07) is 15.8. The van der Waals surface area contributed by atoms with Crippen molar-refractivity contribution in [3.63, 3.8) is 0 Å². The van der Waals surface area contributed by atoms with Crippen molar-refractivity contribution in [2.45, 2.75) is 26.8 Å². The highest BCUT2D eigenvalue weighted by Crippen LogP contribution is 2.14. The molecule has 3 aromatic rings. The fraction of sp³-hybridized carbons (Fsp3) is 0.211. The molecule has 0 saturated heterocycles. The average molecular weight is 320 g/mol. The number of amides is 1. The van der Waals surface area contributed by atoms with Gasteiger partial charge in [-0.2, -0.15) is 0 Å². The Morgan fingerprint density at radius 2 is 1.83 bits per heavy atom. The quantitative estimate of drug-likeness (QED) is 0.802. The first kappa shape index (κ1) is 15.9. The molecule has 1 atom stereocenters. The number of rotatable bonds is 4. The van der Waals surface area contributed by atoms with Crippen LogP contribution in [0.4, 0.5) is 0 Å². The van der Waals surface area contributed by atoms with E-state index < -0.39 is 0 Å². The number of nitrogens with zero attached hydrogens (tertiary/aromatic N) is 3. The molecule has 2 aromatic carbocycles. The minimum absolute atomic E-state index is 0.0922. The van der Waals surface area contributed by atoms with Crippen LogP contribution in [0, 0.1) is 13.8 Å². The molecule has 1 N–H and O–H groups in total. The van der Waals surface area contributed by atoms with Gasteiger partial charge in [-0.25, -0.2) is 4.68 Å². The lowest BCUT2D eigenvalue weighted by atomic mass is 10.1. The number of aromatic nitrogens is 3. The maximum atomic E-state index is 12.4. The highest BCUT2D eigenvalue weighted by Gasteiger charge is 2.15. The summed E-state index contributed by atoms with van der Waals surface area (Å²) < 4.78 is 1.62. The van der Waals surface area contributed by atoms with Crippen LogP contribution in [0.3, 0.4) is 0 Å². The Kier molecular flexibility index (Phi) is 4.42. The van der Waals surface area contributed by atoms with Gasteiger partial charge in [-0.05, 0) is 49.6 Å². The Bertz CT molecular complexity index is 855. The van der Waals surface area contributed by atoms with Crippen LogP contribution in [0.2, 0.25) is 0 Å². The molecule has 1 amide bonds. The molecule has 24 heavy (non-hydrogen) atoms. The number of benzene rings is 2. The van der Waals surface area contributed by atoms with Crippen LogP contribution >= 0.6 is 0 Å². The zero-order valence-corrected chi connectivity index (χ0v) is 14.0. The fourth-order valence-corrected chi connectivity index (χ4v) is 2.46. The van der Waals surface area contributed by atoms with Crippen molar-refractivity contribution in [1.82, 2.24) is 20.3 Å². The first-order chi connectivity index (χ1) is 11.5. The van der Waals surface area contributed by atoms with Crippen LogP contribution in [0.5, 0.6) is 0 Å². The zero-order chi connectivity index (χ0) is 17.1. The fourth-order valence-electron chi connectivity index (χ4n) is 2.46. The summed E-state index contributed by atoms with van der Waals surface area (Å²) in [5, 5.41) is 11.0. The van der Waals surface area contributed by atoms with Gasteiger partial charge in [0.1, 0.15) is 0 Å². The third-order valence-electron chi connectivity index (χ3n) is 4.13. The minimum atomic E-state index is -0.235. The number of carbonyl (C=O) groups is 1. The van der Waals surface area contributed by atoms with Crippen LogP contribution in [0.15, 0.2) is 54.7 Å². The van der Waals surface area contributed by atoms with E-state index in [4.69, 9.17) is 0 Å². The maximum Gasteiger partial charge on any atom is 0.273 e. The minimum Gasteiger partial charge on any atom is -0.344 e. The third kappa shape index (κ3) is 3.35. The first-order valence-electron chi connectivity index (χ1n) is 7.90. The molecule has 5 nitrogen and oxygen atoms in total. The molecule has 0 fully saturated rings. The van der Waals surface area contributed by atoms with Crippen LogP contribution in [0.25, 0.3) is 5.69 Å². The maximum absolute atomic E-state index is 12.4. The van der Waals surface area contributed by atoms with Gasteiger partial charge >= 0.3 is 0 Å². The summed E-state index contributed by atoms with van der Waals surface area (Å²) >= 11 is 0. The van der Waals surface area contributed by atoms with Gasteiger partial charge < -0.3 is 5.32 Å². The number of aryl methyl sites for hydroxylation is 2. The topological polar surface area (TPSA) is 59.8 Å². The lowest BCUT2D eigenvalue weighted by Gasteiger charge is -2.12. The van der Waals surface area contributed by atoms with E-state index in [0.717, 1.165) is 11.3 Å². The van der Waals surface area contributed by atoms with E-state index in [2.05, 4.69) is 22.6 Å². The van der Waals surface area contributed by atoms with Gasteiger partial charge in [-0.1, -0.05) is 41.6 Å². The summed E-state index contributed by atoms with van der Waals surface area (Å²) in [6.07, 6.45) is 1.65. The van der Waals surface area contributed by atoms with Gasteiger partial charge in [-0.15, -0.1) is 5.10 Å². The molecule has 0 aliphatic rings. The SMILES string of the molecule is Cc1ccc(-n2cc(C(=O)NC(C)c3ccccc3)nn2)cc1C. The second-order valence-corrected chi connectivity index (χ2v) is 5.92. The normalized spacial score (nSPS) is 12.0. The van der Waals surface area contributed by atoms with Crippen molar-refractivity contribution in [3.8, 4) is 5.69 Å². The number of hydrogen-bond donors (Lipinski definition) is 1. The zero-order valence-electron chi connectivity index (χ0n) is 14.0. The van der Waals surface area contributed by atoms with Crippen molar-refractivity contribution < 1.29 is 4.79 Å². The van der Waals surface area contributed by atoms with Gasteiger partial charge in [0.05, 0.1) is 17.9 Å². The largest absolute Gasteiger partial charge is 0.344 e. The smallest absolute Gasteiger partial charge is 0.273 e. The molecule has 0 saturated carbocycles. The molecule has 5 heteroatoms. The van der Waals surface area contributed by atoms with Crippen molar-refractivity contribution in [1.29, 1.82) is 0 Å². The van der Waals surface area contributed by atoms with E-state index >= 15 is 0 Å². The second kappa shape index (κ2) is 6.66. The van der Waals surface area contributed by atoms with E-state index in [9.17, 15) is 4.79 Å². The first-order valence-corrected chi connectivity index (χ1v) is 7.90. The van der Waals surface area contributed by atoms with Crippen molar-refractivity contribution in [2.24, 2.45) is 0 Å². The number of carbonyl (C=O) groups excluding carboxylic acids is 1. The van der Waals surface area contributed by atoms with Crippen molar-refractivity contribution in [2.75, 3.05) is 0 Å². The predicted octanol–water partition coefficient (Wildman–Crippen LogP) is 3.38. The molecule has 1 aromatic heterocycles. The van der Waals surface area contributed by atoms with Gasteiger partial charge in [-0.3, -0.25) is 4.79 Å². The molecule has 0 aliphatic carbocycles. The van der Waals surface area contributed by atoms with E-state index in [-0.39, 0.29) is 11.9 Å². The van der Waals surface area contributed by atoms with E-state index in [1.807, 2.05) is 62.4 Å². The lowest BCUT2D eigenvalue weighted by molar-refractivity contribution is 0.0935. The Hall–Kier alpha value is -2.95. The molecule has 3 rings (SSSR count). The van der Waals surface area contributed by atoms with Gasteiger partial charge in [0.2, 0.25) is 0 Å². The van der Waals surface area contributed by atoms with Crippen LogP contribution in [0.1, 0.15) is 40.1 Å². The Balaban J connectivity index is 1.75. The average Bonchev–Trinajstić information content (AvgIpc) is 3.08. The van der Waals surface area contributed by atoms with Crippen molar-refractivity contribution in [3.05, 3.63) is 77.1 Å². The van der Waals surface area contributed by atoms with E-state index in [1.54, 1.807) is 10.9 Å². The standard InChI is InChI=1S/C19H20N4O/c1-13-9-10-17(11-14(13)2)23-12-18(21-22-23)19(24)20-15(3)16-7-5-4-6-8-16/h4-12,15H,1-3H3,(H,20,24). The Morgan fingerprint density at radius 3 is 2.54 bits per heavy atom. The van der Waals surface area contributed by atoms with Gasteiger partial charge in [0.15, 0.2) is 5.69 Å². The molecule has 1 unspecified atom stereocenters. The number of nitrogens with one attached hydrogen (secondary N) is 1. The van der Waals surface area contributed by atoms with E-state index in [1.165, 1.54) is 11.1 Å². The molecule has 0 bridgehead atoms. The van der Waals surface area contributed by atoms with Gasteiger partial charge in [0.25, 0.3) is 5.91 Å². The highest BCUT2D eigenvalue weighted by molar-refractivity contribution is 5.92. The molecule has 0 radical (unpaired) electrons. The van der Waals surface area contributed by atoms with Crippen molar-refractivity contribution >= 4 is 5.91 Å². The monoisotopic (exact) mass is 320 g/mol. The van der Waals surface area contributed by atoms with Crippen LogP contribution in [-0.2, 0) is 0 Å². The van der Waals surface area contributed by atoms with Crippen LogP contribution < -0.4 is 5.32 Å². The van der Waals surface area contributed by atoms with Crippen LogP contribution in [-0.4, -0.2) is 20.9 Å². The summed E-state index contributed by atoms with van der Waals surface area (Å²) in [5.41, 5.74) is 4.63. The van der Waals surface area contributed by atoms with Gasteiger partial charge in [0, 0.05) is 0 Å². The predicted molar refractivity (Wildman–Crippen MR) is 93.2 cm³/mol. The summed E-state index contributed by atoms with van der Waals surface area (Å²) in [5.74, 6) is -0.235. The van der Waals surface area contributed by atoms with E-state index in [0.29, 0.717) is 5.69 Å². The third-order valence-corrected chi connectivity index (χ3v) is 4.13. The molecular formula is C19H20N4O. The molecule has 0 aliphatic heterocycles. The molecular weight excluding hydrogens is 300 g/mol. The molecule has 1 heterocycles. The number of hydrogen-bond acceptors (Lipinski definition) is 3. The lowest BCUT2D eigenvalue weighted by Crippen LogP contribution is -2.26. The summed E-state index contributed by atoms with van der Waals surface area (Å²) in [6.45, 7) is 6.05. The Labute approximate surface area is 141 Å². The highest BCUT2D eigenvalue weighted by atomic mass is 16.2. The molecule has 0 spiro atoms. The summed E-state index contributed by atoms with van der Waals surface area (Å²) in [7, 11) is 0. The molecule has 122 valence electrons. The second-order valence-electron chi connectivity index (χ2n) is 5.92. The summed E-state index contributed by atoms with van der Waals surface area (Å²) in [4.78, 5) is 12.4. The Morgan fingerprint density at radius 1 is 1.08 bits per heavy atom.